The van der Waals surface area contributed by atoms with Crippen molar-refractivity contribution in [3.05, 3.63) is 77.2 Å². The summed E-state index contributed by atoms with van der Waals surface area (Å²) in [6.45, 7) is 2.49. The minimum atomic E-state index is 0.108. The quantitative estimate of drug-likeness (QED) is 0.531. The summed E-state index contributed by atoms with van der Waals surface area (Å²) in [4.78, 5) is 28.4. The predicted octanol–water partition coefficient (Wildman–Crippen LogP) is 2.60. The van der Waals surface area contributed by atoms with Gasteiger partial charge < -0.3 is 9.47 Å². The highest BCUT2D eigenvalue weighted by Gasteiger charge is 2.35. The molecule has 3 aromatic heterocycles. The fourth-order valence-electron chi connectivity index (χ4n) is 4.90. The van der Waals surface area contributed by atoms with E-state index in [9.17, 15) is 4.79 Å². The van der Waals surface area contributed by atoms with Crippen molar-refractivity contribution in [2.75, 3.05) is 18.0 Å². The van der Waals surface area contributed by atoms with Gasteiger partial charge in [-0.05, 0) is 30.5 Å². The van der Waals surface area contributed by atoms with E-state index in [1.165, 1.54) is 0 Å². The van der Waals surface area contributed by atoms with Crippen LogP contribution in [0.2, 0.25) is 0 Å². The van der Waals surface area contributed by atoms with E-state index in [0.29, 0.717) is 11.8 Å². The number of fused-ring (bicyclic) bond motifs is 5. The summed E-state index contributed by atoms with van der Waals surface area (Å²) in [6.07, 6.45) is 4.56. The third-order valence-electron chi connectivity index (χ3n) is 6.13. The zero-order chi connectivity index (χ0) is 19.4. The Morgan fingerprint density at radius 2 is 1.79 bits per heavy atom. The van der Waals surface area contributed by atoms with Crippen molar-refractivity contribution >= 4 is 17.0 Å². The molecule has 2 bridgehead atoms. The largest absolute Gasteiger partial charge is 0.354 e. The van der Waals surface area contributed by atoms with Crippen LogP contribution in [0.1, 0.15) is 18.0 Å². The number of hydrogen-bond acceptors (Lipinski definition) is 5. The molecule has 1 saturated heterocycles. The molecular weight excluding hydrogens is 364 g/mol. The summed E-state index contributed by atoms with van der Waals surface area (Å²) in [5.74, 6) is 1.64. The number of piperidine rings is 1. The highest BCUT2D eigenvalue weighted by Crippen LogP contribution is 2.37. The van der Waals surface area contributed by atoms with E-state index in [-0.39, 0.29) is 5.56 Å². The van der Waals surface area contributed by atoms with Crippen LogP contribution < -0.4 is 10.5 Å². The first-order chi connectivity index (χ1) is 14.3. The van der Waals surface area contributed by atoms with Gasteiger partial charge in [0.1, 0.15) is 12.7 Å². The summed E-state index contributed by atoms with van der Waals surface area (Å²) in [5, 5.41) is 0. The van der Waals surface area contributed by atoms with Gasteiger partial charge in [-0.1, -0.05) is 24.3 Å². The van der Waals surface area contributed by atoms with Crippen LogP contribution in [0.3, 0.4) is 0 Å². The van der Waals surface area contributed by atoms with Gasteiger partial charge in [0, 0.05) is 43.0 Å². The van der Waals surface area contributed by atoms with Gasteiger partial charge in [-0.25, -0.2) is 15.0 Å². The Morgan fingerprint density at radius 1 is 0.897 bits per heavy atom. The molecule has 7 nitrogen and oxygen atoms in total. The molecule has 0 aliphatic carbocycles. The number of aromatic nitrogens is 5. The number of nitrogens with zero attached hydrogens (tertiary/aromatic N) is 6. The second-order valence-corrected chi connectivity index (χ2v) is 7.92. The van der Waals surface area contributed by atoms with Crippen molar-refractivity contribution in [3.8, 4) is 5.69 Å². The van der Waals surface area contributed by atoms with E-state index >= 15 is 0 Å². The molecule has 1 aromatic carbocycles. The van der Waals surface area contributed by atoms with E-state index in [4.69, 9.17) is 0 Å². The maximum Gasteiger partial charge on any atom is 0.250 e. The zero-order valence-corrected chi connectivity index (χ0v) is 15.8. The van der Waals surface area contributed by atoms with Crippen LogP contribution in [0.15, 0.2) is 66.0 Å². The van der Waals surface area contributed by atoms with Crippen LogP contribution in [0.4, 0.5) is 5.82 Å². The third kappa shape index (κ3) is 2.57. The van der Waals surface area contributed by atoms with Crippen molar-refractivity contribution in [2.24, 2.45) is 5.92 Å². The lowest BCUT2D eigenvalue weighted by molar-refractivity contribution is 0.281. The van der Waals surface area contributed by atoms with Crippen molar-refractivity contribution in [1.29, 1.82) is 0 Å². The molecule has 0 amide bonds. The minimum Gasteiger partial charge on any atom is -0.354 e. The molecule has 1 fully saturated rings. The van der Waals surface area contributed by atoms with Gasteiger partial charge >= 0.3 is 0 Å². The standard InChI is InChI=1S/C22H20N6O/c29-19-8-4-7-18-16-9-15(11-27(18)19)10-26(12-16)21-20-22(24-13-23-21)28(14-25-20)17-5-2-1-3-6-17/h1-8,13-16H,9-12H2/t15-,16+/m1/s1. The summed E-state index contributed by atoms with van der Waals surface area (Å²) in [7, 11) is 0. The number of anilines is 1. The average molecular weight is 384 g/mol. The van der Waals surface area contributed by atoms with Crippen molar-refractivity contribution < 1.29 is 0 Å². The maximum atomic E-state index is 12.3. The summed E-state index contributed by atoms with van der Waals surface area (Å²) >= 11 is 0. The highest BCUT2D eigenvalue weighted by molar-refractivity contribution is 5.84. The number of benzene rings is 1. The summed E-state index contributed by atoms with van der Waals surface area (Å²) in [6, 6.07) is 15.7. The normalized spacial score (nSPS) is 20.6. The van der Waals surface area contributed by atoms with Gasteiger partial charge in [0.2, 0.25) is 0 Å². The smallest absolute Gasteiger partial charge is 0.250 e. The Morgan fingerprint density at radius 3 is 2.69 bits per heavy atom. The van der Waals surface area contributed by atoms with E-state index in [1.807, 2.05) is 51.9 Å². The Bertz CT molecular complexity index is 1260. The van der Waals surface area contributed by atoms with Crippen molar-refractivity contribution in [1.82, 2.24) is 24.1 Å². The second kappa shape index (κ2) is 6.27. The van der Waals surface area contributed by atoms with E-state index in [2.05, 4.69) is 25.9 Å². The first-order valence-electron chi connectivity index (χ1n) is 9.96. The van der Waals surface area contributed by atoms with Gasteiger partial charge in [-0.3, -0.25) is 9.36 Å². The monoisotopic (exact) mass is 384 g/mol. The molecule has 0 spiro atoms. The molecule has 0 unspecified atom stereocenters. The number of rotatable bonds is 2. The Labute approximate surface area is 167 Å². The van der Waals surface area contributed by atoms with Gasteiger partial charge in [0.25, 0.3) is 5.56 Å². The molecule has 5 heterocycles. The van der Waals surface area contributed by atoms with E-state index in [1.54, 1.807) is 12.4 Å². The maximum absolute atomic E-state index is 12.3. The lowest BCUT2D eigenvalue weighted by Crippen LogP contribution is -2.47. The van der Waals surface area contributed by atoms with Crippen molar-refractivity contribution in [2.45, 2.75) is 18.9 Å². The predicted molar refractivity (Wildman–Crippen MR) is 110 cm³/mol. The molecular formula is C22H20N6O. The zero-order valence-electron chi connectivity index (χ0n) is 15.8. The fraction of sp³-hybridized carbons (Fsp3) is 0.273. The van der Waals surface area contributed by atoms with Crippen LogP contribution in [-0.4, -0.2) is 37.2 Å². The molecule has 0 N–H and O–H groups in total. The number of pyridine rings is 1. The first-order valence-corrected chi connectivity index (χ1v) is 9.96. The van der Waals surface area contributed by atoms with Crippen LogP contribution in [0.25, 0.3) is 16.9 Å². The van der Waals surface area contributed by atoms with Gasteiger partial charge in [0.05, 0.1) is 0 Å². The Hall–Kier alpha value is -3.48. The second-order valence-electron chi connectivity index (χ2n) is 7.92. The molecule has 29 heavy (non-hydrogen) atoms. The lowest BCUT2D eigenvalue weighted by atomic mass is 9.83. The van der Waals surface area contributed by atoms with Crippen molar-refractivity contribution in [3.63, 3.8) is 0 Å². The Kier molecular flexibility index (Phi) is 3.56. The number of hydrogen-bond donors (Lipinski definition) is 0. The molecule has 0 saturated carbocycles. The van der Waals surface area contributed by atoms with Crippen LogP contribution in [0.5, 0.6) is 0 Å². The molecule has 0 radical (unpaired) electrons. The summed E-state index contributed by atoms with van der Waals surface area (Å²) in [5.41, 5.74) is 3.91. The molecule has 2 aliphatic rings. The molecule has 7 heteroatoms. The van der Waals surface area contributed by atoms with Gasteiger partial charge in [-0.15, -0.1) is 0 Å². The fourth-order valence-corrected chi connectivity index (χ4v) is 4.90. The van der Waals surface area contributed by atoms with E-state index in [0.717, 1.165) is 54.4 Å². The van der Waals surface area contributed by atoms with Crippen LogP contribution >= 0.6 is 0 Å². The molecule has 4 aromatic rings. The van der Waals surface area contributed by atoms with Gasteiger partial charge in [-0.2, -0.15) is 0 Å². The highest BCUT2D eigenvalue weighted by atomic mass is 16.1. The topological polar surface area (TPSA) is 68.8 Å². The minimum absolute atomic E-state index is 0.108. The van der Waals surface area contributed by atoms with Crippen LogP contribution in [0, 0.1) is 5.92 Å². The first kappa shape index (κ1) is 16.5. The molecule has 2 atom stereocenters. The number of para-hydroxylation sites is 1. The lowest BCUT2D eigenvalue weighted by Gasteiger charge is -2.43. The molecule has 144 valence electrons. The third-order valence-corrected chi connectivity index (χ3v) is 6.13. The molecule has 2 aliphatic heterocycles. The average Bonchev–Trinajstić information content (AvgIpc) is 3.19. The van der Waals surface area contributed by atoms with E-state index < -0.39 is 0 Å². The summed E-state index contributed by atoms with van der Waals surface area (Å²) < 4.78 is 3.95. The van der Waals surface area contributed by atoms with Crippen LogP contribution in [-0.2, 0) is 6.54 Å². The SMILES string of the molecule is O=c1cccc2n1C[C@@H]1C[C@H]2CN(c2ncnc3c2ncn3-c2ccccc2)C1. The van der Waals surface area contributed by atoms with Gasteiger partial charge in [0.15, 0.2) is 17.0 Å². The Balaban J connectivity index is 1.41. The molecule has 6 rings (SSSR count). The number of imidazole rings is 1.